The fourth-order valence-electron chi connectivity index (χ4n) is 2.36. The summed E-state index contributed by atoms with van der Waals surface area (Å²) in [6.45, 7) is 3.34. The van der Waals surface area contributed by atoms with Crippen LogP contribution in [0.4, 0.5) is 9.80 Å². The van der Waals surface area contributed by atoms with Gasteiger partial charge in [0.1, 0.15) is 15.6 Å². The second-order valence-corrected chi connectivity index (χ2v) is 7.44. The zero-order chi connectivity index (χ0) is 17.4. The zero-order valence-electron chi connectivity index (χ0n) is 13.8. The van der Waals surface area contributed by atoms with Crippen molar-refractivity contribution in [2.24, 2.45) is 5.73 Å². The number of primary amides is 1. The number of rotatable bonds is 9. The van der Waals surface area contributed by atoms with E-state index in [4.69, 9.17) is 10.5 Å². The van der Waals surface area contributed by atoms with Crippen molar-refractivity contribution in [3.8, 4) is 0 Å². The molecule has 0 aliphatic carbocycles. The molecule has 134 valence electrons. The van der Waals surface area contributed by atoms with Crippen molar-refractivity contribution in [3.05, 3.63) is 5.56 Å². The summed E-state index contributed by atoms with van der Waals surface area (Å²) < 4.78 is 9.72. The van der Waals surface area contributed by atoms with Crippen molar-refractivity contribution >= 4 is 40.2 Å². The van der Waals surface area contributed by atoms with Gasteiger partial charge in [0.25, 0.3) is 5.91 Å². The first-order valence-electron chi connectivity index (χ1n) is 8.20. The van der Waals surface area contributed by atoms with Crippen LogP contribution in [0.1, 0.15) is 49.4 Å². The smallest absolute Gasteiger partial charge is 0.319 e. The molecule has 4 N–H and O–H groups in total. The number of hydrogen-bond donors (Lipinski definition) is 3. The molecule has 24 heavy (non-hydrogen) atoms. The van der Waals surface area contributed by atoms with Crippen LogP contribution in [0.3, 0.4) is 0 Å². The Morgan fingerprint density at radius 3 is 2.96 bits per heavy atom. The lowest BCUT2D eigenvalue weighted by Gasteiger charge is -2.11. The fraction of sp³-hybridized carbons (Fsp3) is 0.667. The third-order valence-corrected chi connectivity index (χ3v) is 5.58. The second kappa shape index (κ2) is 9.85. The van der Waals surface area contributed by atoms with Gasteiger partial charge in [0.05, 0.1) is 6.10 Å². The number of ether oxygens (including phenoxy) is 1. The van der Waals surface area contributed by atoms with Crippen molar-refractivity contribution in [3.63, 3.8) is 0 Å². The van der Waals surface area contributed by atoms with Gasteiger partial charge in [-0.2, -0.15) is 4.37 Å². The average Bonchev–Trinajstić information content (AvgIpc) is 3.19. The number of carbonyl (C=O) groups is 2. The number of thioether (sulfide) groups is 1. The number of hydrogen-bond acceptors (Lipinski definition) is 6. The van der Waals surface area contributed by atoms with Gasteiger partial charge in [-0.1, -0.05) is 19.8 Å². The van der Waals surface area contributed by atoms with Crippen LogP contribution in [0.5, 0.6) is 0 Å². The number of nitrogens with one attached hydrogen (secondary N) is 2. The van der Waals surface area contributed by atoms with Gasteiger partial charge in [-0.3, -0.25) is 10.1 Å². The average molecular weight is 373 g/mol. The minimum atomic E-state index is -0.573. The lowest BCUT2D eigenvalue weighted by Crippen LogP contribution is -2.35. The molecule has 0 aromatic carbocycles. The zero-order valence-corrected chi connectivity index (χ0v) is 15.4. The number of anilines is 1. The number of nitrogens with zero attached hydrogens (tertiary/aromatic N) is 1. The Balaban J connectivity index is 1.89. The third-order valence-electron chi connectivity index (χ3n) is 3.64. The number of carbonyl (C=O) groups excluding carboxylic acids is 2. The van der Waals surface area contributed by atoms with E-state index >= 15 is 0 Å². The molecule has 7 nitrogen and oxygen atoms in total. The molecule has 0 spiro atoms. The van der Waals surface area contributed by atoms with E-state index in [9.17, 15) is 9.59 Å². The molecule has 1 aromatic rings. The molecule has 1 aliphatic heterocycles. The molecule has 1 aliphatic rings. The van der Waals surface area contributed by atoms with Crippen LogP contribution in [0, 0.1) is 0 Å². The molecule has 0 radical (unpaired) electrons. The Morgan fingerprint density at radius 2 is 2.29 bits per heavy atom. The number of amides is 3. The lowest BCUT2D eigenvalue weighted by molar-refractivity contribution is 0.0998. The van der Waals surface area contributed by atoms with Crippen LogP contribution in [-0.4, -0.2) is 41.3 Å². The van der Waals surface area contributed by atoms with Crippen LogP contribution in [0.2, 0.25) is 0 Å². The predicted octanol–water partition coefficient (Wildman–Crippen LogP) is 2.82. The van der Waals surface area contributed by atoms with Crippen molar-refractivity contribution < 1.29 is 14.3 Å². The molecule has 1 atom stereocenters. The number of aromatic nitrogens is 1. The maximum atomic E-state index is 12.0. The minimum absolute atomic E-state index is 0.0671. The van der Waals surface area contributed by atoms with Gasteiger partial charge in [0.15, 0.2) is 0 Å². The minimum Gasteiger partial charge on any atom is -0.376 e. The third kappa shape index (κ3) is 5.64. The Hall–Kier alpha value is -1.32. The SMILES string of the molecule is CCCCCSc1nsc(NC(=O)NCC2CCCO2)c1C(N)=O. The molecule has 2 heterocycles. The normalized spacial score (nSPS) is 17.0. The summed E-state index contributed by atoms with van der Waals surface area (Å²) in [6.07, 6.45) is 5.37. The largest absolute Gasteiger partial charge is 0.376 e. The van der Waals surface area contributed by atoms with Crippen LogP contribution in [0.15, 0.2) is 5.03 Å². The summed E-state index contributed by atoms with van der Waals surface area (Å²) in [6, 6.07) is -0.376. The lowest BCUT2D eigenvalue weighted by atomic mass is 10.2. The van der Waals surface area contributed by atoms with Crippen LogP contribution < -0.4 is 16.4 Å². The van der Waals surface area contributed by atoms with E-state index < -0.39 is 5.91 Å². The van der Waals surface area contributed by atoms with Crippen molar-refractivity contribution in [1.29, 1.82) is 0 Å². The number of unbranched alkanes of at least 4 members (excludes halogenated alkanes) is 2. The number of urea groups is 1. The van der Waals surface area contributed by atoms with E-state index in [2.05, 4.69) is 21.9 Å². The van der Waals surface area contributed by atoms with Gasteiger partial charge in [-0.05, 0) is 36.5 Å². The molecule has 1 aromatic heterocycles. The van der Waals surface area contributed by atoms with Crippen molar-refractivity contribution in [2.45, 2.75) is 50.2 Å². The van der Waals surface area contributed by atoms with Crippen molar-refractivity contribution in [2.75, 3.05) is 24.2 Å². The van der Waals surface area contributed by atoms with Gasteiger partial charge in [-0.25, -0.2) is 4.79 Å². The van der Waals surface area contributed by atoms with Crippen molar-refractivity contribution in [1.82, 2.24) is 9.69 Å². The Kier molecular flexibility index (Phi) is 7.80. The first kappa shape index (κ1) is 19.0. The molecule has 3 amide bonds. The highest BCUT2D eigenvalue weighted by molar-refractivity contribution is 7.99. The summed E-state index contributed by atoms with van der Waals surface area (Å²) in [7, 11) is 0. The van der Waals surface area contributed by atoms with Gasteiger partial charge in [0.2, 0.25) is 0 Å². The van der Waals surface area contributed by atoms with E-state index in [1.54, 1.807) is 0 Å². The fourth-order valence-corrected chi connectivity index (χ4v) is 4.33. The maximum absolute atomic E-state index is 12.0. The molecular formula is C15H24N4O3S2. The molecule has 1 saturated heterocycles. The van der Waals surface area contributed by atoms with E-state index in [0.717, 1.165) is 56.0 Å². The highest BCUT2D eigenvalue weighted by atomic mass is 32.2. The highest BCUT2D eigenvalue weighted by Crippen LogP contribution is 2.32. The quantitative estimate of drug-likeness (QED) is 0.456. The van der Waals surface area contributed by atoms with Crippen LogP contribution >= 0.6 is 23.3 Å². The van der Waals surface area contributed by atoms with E-state index in [1.165, 1.54) is 11.8 Å². The van der Waals surface area contributed by atoms with Gasteiger partial charge in [0, 0.05) is 13.2 Å². The Morgan fingerprint density at radius 1 is 1.46 bits per heavy atom. The summed E-state index contributed by atoms with van der Waals surface area (Å²) in [5.41, 5.74) is 5.76. The second-order valence-electron chi connectivity index (χ2n) is 5.58. The predicted molar refractivity (Wildman–Crippen MR) is 96.9 cm³/mol. The monoisotopic (exact) mass is 372 g/mol. The molecule has 9 heteroatoms. The molecular weight excluding hydrogens is 348 g/mol. The van der Waals surface area contributed by atoms with Crippen LogP contribution in [-0.2, 0) is 4.74 Å². The first-order valence-corrected chi connectivity index (χ1v) is 9.96. The highest BCUT2D eigenvalue weighted by Gasteiger charge is 2.21. The first-order chi connectivity index (χ1) is 11.6. The Labute approximate surface area is 150 Å². The Bertz CT molecular complexity index is 559. The van der Waals surface area contributed by atoms with Gasteiger partial charge < -0.3 is 15.8 Å². The molecule has 0 bridgehead atoms. The maximum Gasteiger partial charge on any atom is 0.319 e. The van der Waals surface area contributed by atoms with Crippen LogP contribution in [0.25, 0.3) is 0 Å². The topological polar surface area (TPSA) is 106 Å². The molecule has 1 fully saturated rings. The van der Waals surface area contributed by atoms with E-state index in [1.807, 2.05) is 0 Å². The number of nitrogens with two attached hydrogens (primary N) is 1. The van der Waals surface area contributed by atoms with Gasteiger partial charge in [-0.15, -0.1) is 11.8 Å². The molecule has 1 unspecified atom stereocenters. The molecule has 2 rings (SSSR count). The van der Waals surface area contributed by atoms with E-state index in [-0.39, 0.29) is 12.1 Å². The molecule has 0 saturated carbocycles. The summed E-state index contributed by atoms with van der Waals surface area (Å²) >= 11 is 2.58. The summed E-state index contributed by atoms with van der Waals surface area (Å²) in [5, 5.41) is 6.42. The van der Waals surface area contributed by atoms with E-state index in [0.29, 0.717) is 22.1 Å². The standard InChI is InChI=1S/C15H24N4O3S2/c1-2-3-4-8-23-14-11(12(16)20)13(24-19-14)18-15(21)17-9-10-6-5-7-22-10/h10H,2-9H2,1H3,(H2,16,20)(H2,17,18,21). The van der Waals surface area contributed by atoms with Gasteiger partial charge >= 0.3 is 6.03 Å². The summed E-state index contributed by atoms with van der Waals surface area (Å²) in [5.74, 6) is 0.304. The summed E-state index contributed by atoms with van der Waals surface area (Å²) in [4.78, 5) is 23.7.